The van der Waals surface area contributed by atoms with Crippen molar-refractivity contribution in [3.05, 3.63) is 94.0 Å². The number of carbonyl (C=O) groups is 3. The van der Waals surface area contributed by atoms with E-state index in [9.17, 15) is 33.3 Å². The Hall–Kier alpha value is -4.87. The third-order valence-corrected chi connectivity index (χ3v) is 4.37. The van der Waals surface area contributed by atoms with Crippen molar-refractivity contribution in [3.8, 4) is 5.75 Å². The molecule has 3 aromatic carbocycles. The van der Waals surface area contributed by atoms with Gasteiger partial charge in [0.05, 0.1) is 10.6 Å². The third-order valence-electron chi connectivity index (χ3n) is 4.37. The van der Waals surface area contributed by atoms with Crippen LogP contribution in [0.1, 0.15) is 10.4 Å². The minimum Gasteiger partial charge on any atom is -0.483 e. The molecule has 0 unspecified atom stereocenters. The zero-order valence-corrected chi connectivity index (χ0v) is 17.8. The first-order valence-electron chi connectivity index (χ1n) is 9.91. The molecule has 0 saturated carbocycles. The van der Waals surface area contributed by atoms with Crippen LogP contribution >= 0.6 is 0 Å². The Kier molecular flexibility index (Phi) is 8.01. The van der Waals surface area contributed by atoms with E-state index in [4.69, 9.17) is 9.47 Å². The third kappa shape index (κ3) is 6.81. The normalized spacial score (nSPS) is 10.2. The Balaban J connectivity index is 1.56. The van der Waals surface area contributed by atoms with E-state index < -0.39 is 53.2 Å². The molecule has 3 rings (SSSR count). The largest absolute Gasteiger partial charge is 0.483 e. The van der Waals surface area contributed by atoms with Crippen molar-refractivity contribution in [2.75, 3.05) is 23.8 Å². The van der Waals surface area contributed by atoms with Crippen LogP contribution in [-0.2, 0) is 14.3 Å². The van der Waals surface area contributed by atoms with Crippen LogP contribution in [0.15, 0.2) is 66.7 Å². The molecule has 2 amide bonds. The molecular formula is C23H17F2N3O7. The van der Waals surface area contributed by atoms with E-state index in [0.29, 0.717) is 0 Å². The number of anilines is 2. The maximum atomic E-state index is 13.6. The average molecular weight is 485 g/mol. The summed E-state index contributed by atoms with van der Waals surface area (Å²) in [5.74, 6) is -4.17. The summed E-state index contributed by atoms with van der Waals surface area (Å²) < 4.78 is 37.3. The van der Waals surface area contributed by atoms with Crippen molar-refractivity contribution in [1.29, 1.82) is 0 Å². The highest BCUT2D eigenvalue weighted by molar-refractivity contribution is 5.97. The number of esters is 1. The number of hydrogen-bond donors (Lipinski definition) is 2. The summed E-state index contributed by atoms with van der Waals surface area (Å²) in [7, 11) is 0. The quantitative estimate of drug-likeness (QED) is 0.268. The van der Waals surface area contributed by atoms with E-state index in [0.717, 1.165) is 18.2 Å². The minimum absolute atomic E-state index is 0.0178. The molecule has 0 atom stereocenters. The van der Waals surface area contributed by atoms with Crippen molar-refractivity contribution in [2.45, 2.75) is 0 Å². The number of amides is 2. The number of rotatable bonds is 9. The Morgan fingerprint density at radius 3 is 2.29 bits per heavy atom. The fourth-order valence-electron chi connectivity index (χ4n) is 2.79. The smallest absolute Gasteiger partial charge is 0.342 e. The lowest BCUT2D eigenvalue weighted by atomic mass is 10.2. The van der Waals surface area contributed by atoms with Crippen molar-refractivity contribution in [2.24, 2.45) is 0 Å². The molecule has 180 valence electrons. The van der Waals surface area contributed by atoms with Crippen molar-refractivity contribution >= 4 is 34.8 Å². The minimum atomic E-state index is -1.07. The van der Waals surface area contributed by atoms with Gasteiger partial charge in [-0.2, -0.15) is 4.39 Å². The number of benzene rings is 3. The van der Waals surface area contributed by atoms with Gasteiger partial charge in [0.25, 0.3) is 11.8 Å². The number of ether oxygens (including phenoxy) is 2. The van der Waals surface area contributed by atoms with Gasteiger partial charge in [-0.05, 0) is 36.4 Å². The maximum absolute atomic E-state index is 13.6. The molecule has 12 heteroatoms. The van der Waals surface area contributed by atoms with E-state index in [2.05, 4.69) is 10.6 Å². The summed E-state index contributed by atoms with van der Waals surface area (Å²) in [5, 5.41) is 15.4. The standard InChI is InChI=1S/C23H17F2N3O7/c24-16-6-2-3-7-18(16)27-22(30)12-34-20-8-4-1-5-15(20)23(31)35-13-21(29)26-14-9-10-17(25)19(11-14)28(32)33/h1-11H,12-13H2,(H,26,29)(H,27,30). The zero-order valence-electron chi connectivity index (χ0n) is 17.8. The SMILES string of the molecule is O=C(COC(=O)c1ccccc1OCC(=O)Nc1ccccc1F)Nc1ccc(F)c([N+](=O)[O-])c1. The van der Waals surface area contributed by atoms with Gasteiger partial charge in [-0.1, -0.05) is 24.3 Å². The molecule has 0 radical (unpaired) electrons. The van der Waals surface area contributed by atoms with Gasteiger partial charge in [0.1, 0.15) is 17.1 Å². The number of hydrogen-bond acceptors (Lipinski definition) is 7. The summed E-state index contributed by atoms with van der Waals surface area (Å²) in [6.07, 6.45) is 0. The van der Waals surface area contributed by atoms with Crippen molar-refractivity contribution in [3.63, 3.8) is 0 Å². The molecule has 0 aliphatic carbocycles. The first kappa shape index (κ1) is 24.8. The molecule has 0 aromatic heterocycles. The summed E-state index contributed by atoms with van der Waals surface area (Å²) in [5.41, 5.74) is -1.02. The number of nitro benzene ring substituents is 1. The summed E-state index contributed by atoms with van der Waals surface area (Å²) in [6.45, 7) is -1.30. The molecule has 0 fully saturated rings. The van der Waals surface area contributed by atoms with Crippen molar-refractivity contribution in [1.82, 2.24) is 0 Å². The van der Waals surface area contributed by atoms with Crippen LogP contribution in [0.3, 0.4) is 0 Å². The lowest BCUT2D eigenvalue weighted by molar-refractivity contribution is -0.387. The molecule has 0 aliphatic rings. The Bertz CT molecular complexity index is 1280. The number of halogens is 2. The highest BCUT2D eigenvalue weighted by Crippen LogP contribution is 2.22. The van der Waals surface area contributed by atoms with Crippen LogP contribution in [-0.4, -0.2) is 35.9 Å². The second-order valence-corrected chi connectivity index (χ2v) is 6.86. The Morgan fingerprint density at radius 2 is 1.54 bits per heavy atom. The lowest BCUT2D eigenvalue weighted by Gasteiger charge is -2.12. The number of nitrogens with one attached hydrogen (secondary N) is 2. The van der Waals surface area contributed by atoms with Gasteiger partial charge in [0.2, 0.25) is 5.82 Å². The highest BCUT2D eigenvalue weighted by atomic mass is 19.1. The van der Waals surface area contributed by atoms with E-state index in [-0.39, 0.29) is 22.7 Å². The predicted molar refractivity (Wildman–Crippen MR) is 119 cm³/mol. The van der Waals surface area contributed by atoms with Gasteiger partial charge in [-0.25, -0.2) is 9.18 Å². The first-order valence-corrected chi connectivity index (χ1v) is 9.91. The molecule has 0 saturated heterocycles. The fraction of sp³-hybridized carbons (Fsp3) is 0.0870. The van der Waals surface area contributed by atoms with Crippen LogP contribution in [0.2, 0.25) is 0 Å². The van der Waals surface area contributed by atoms with E-state index in [1.54, 1.807) is 6.07 Å². The molecule has 35 heavy (non-hydrogen) atoms. The van der Waals surface area contributed by atoms with Gasteiger partial charge in [0, 0.05) is 11.8 Å². The zero-order chi connectivity index (χ0) is 25.4. The van der Waals surface area contributed by atoms with Crippen LogP contribution in [0.5, 0.6) is 5.75 Å². The van der Waals surface area contributed by atoms with Crippen LogP contribution < -0.4 is 15.4 Å². The lowest BCUT2D eigenvalue weighted by Crippen LogP contribution is -2.23. The predicted octanol–water partition coefficient (Wildman–Crippen LogP) is 3.69. The maximum Gasteiger partial charge on any atom is 0.342 e. The van der Waals surface area contributed by atoms with Gasteiger partial charge >= 0.3 is 11.7 Å². The molecule has 2 N–H and O–H groups in total. The summed E-state index contributed by atoms with van der Waals surface area (Å²) >= 11 is 0. The molecule has 0 bridgehead atoms. The number of para-hydroxylation sites is 2. The fourth-order valence-corrected chi connectivity index (χ4v) is 2.79. The number of nitro groups is 1. The summed E-state index contributed by atoms with van der Waals surface area (Å²) in [6, 6.07) is 14.1. The van der Waals surface area contributed by atoms with Crippen LogP contribution in [0, 0.1) is 21.7 Å². The van der Waals surface area contributed by atoms with Crippen molar-refractivity contribution < 1.29 is 37.6 Å². The van der Waals surface area contributed by atoms with Gasteiger partial charge in [-0.15, -0.1) is 0 Å². The average Bonchev–Trinajstić information content (AvgIpc) is 2.84. The summed E-state index contributed by atoms with van der Waals surface area (Å²) in [4.78, 5) is 46.4. The molecule has 10 nitrogen and oxygen atoms in total. The topological polar surface area (TPSA) is 137 Å². The van der Waals surface area contributed by atoms with Gasteiger partial charge < -0.3 is 20.1 Å². The van der Waals surface area contributed by atoms with Gasteiger partial charge in [-0.3, -0.25) is 19.7 Å². The van der Waals surface area contributed by atoms with E-state index in [1.807, 2.05) is 0 Å². The Morgan fingerprint density at radius 1 is 0.857 bits per heavy atom. The number of carbonyl (C=O) groups excluding carboxylic acids is 3. The van der Waals surface area contributed by atoms with Crippen LogP contribution in [0.4, 0.5) is 25.8 Å². The Labute approximate surface area is 196 Å². The molecular weight excluding hydrogens is 468 g/mol. The molecule has 0 spiro atoms. The highest BCUT2D eigenvalue weighted by Gasteiger charge is 2.18. The second kappa shape index (κ2) is 11.3. The molecule has 0 heterocycles. The monoisotopic (exact) mass is 485 g/mol. The van der Waals surface area contributed by atoms with E-state index in [1.165, 1.54) is 42.5 Å². The van der Waals surface area contributed by atoms with Gasteiger partial charge in [0.15, 0.2) is 13.2 Å². The van der Waals surface area contributed by atoms with Crippen LogP contribution in [0.25, 0.3) is 0 Å². The first-order chi connectivity index (χ1) is 16.7. The molecule has 3 aromatic rings. The second-order valence-electron chi connectivity index (χ2n) is 6.86. The van der Waals surface area contributed by atoms with E-state index >= 15 is 0 Å². The number of nitrogens with zero attached hydrogens (tertiary/aromatic N) is 1. The molecule has 0 aliphatic heterocycles.